The molecule has 1 fully saturated rings. The maximum Gasteiger partial charge on any atom is 0.416 e. The molecule has 1 aromatic heterocycles. The number of carbonyl (C=O) groups is 2. The lowest BCUT2D eigenvalue weighted by Crippen LogP contribution is -2.48. The number of hydrogen-bond acceptors (Lipinski definition) is 6. The summed E-state index contributed by atoms with van der Waals surface area (Å²) in [5.41, 5.74) is 2.17. The van der Waals surface area contributed by atoms with Gasteiger partial charge in [0.1, 0.15) is 5.01 Å². The average Bonchev–Trinajstić information content (AvgIpc) is 3.70. The average molecular weight is 637 g/mol. The Morgan fingerprint density at radius 3 is 2.49 bits per heavy atom. The van der Waals surface area contributed by atoms with Crippen LogP contribution in [0.2, 0.25) is 0 Å². The van der Waals surface area contributed by atoms with E-state index in [4.69, 9.17) is 0 Å². The Morgan fingerprint density at radius 1 is 1.02 bits per heavy atom. The van der Waals surface area contributed by atoms with E-state index in [0.29, 0.717) is 24.1 Å². The minimum Gasteiger partial charge on any atom is -0.390 e. The number of aryl methyl sites for hydroxylation is 1. The van der Waals surface area contributed by atoms with Gasteiger partial charge in [-0.15, -0.1) is 11.3 Å². The van der Waals surface area contributed by atoms with Gasteiger partial charge in [0.2, 0.25) is 0 Å². The second kappa shape index (κ2) is 14.4. The third kappa shape index (κ3) is 8.36. The van der Waals surface area contributed by atoms with Gasteiger partial charge in [0.25, 0.3) is 11.8 Å². The first-order chi connectivity index (χ1) is 21.6. The molecule has 0 aliphatic carbocycles. The van der Waals surface area contributed by atoms with Crippen LogP contribution in [0.4, 0.5) is 13.2 Å². The van der Waals surface area contributed by atoms with Crippen LogP contribution in [0.5, 0.6) is 0 Å². The molecule has 3 atom stereocenters. The van der Waals surface area contributed by atoms with Gasteiger partial charge in [-0.2, -0.15) is 13.2 Å². The summed E-state index contributed by atoms with van der Waals surface area (Å²) < 4.78 is 39.3. The summed E-state index contributed by atoms with van der Waals surface area (Å²) in [5, 5.41) is 19.9. The van der Waals surface area contributed by atoms with Crippen molar-refractivity contribution in [1.29, 1.82) is 0 Å². The van der Waals surface area contributed by atoms with Crippen LogP contribution >= 0.6 is 11.3 Å². The molecule has 236 valence electrons. The zero-order chi connectivity index (χ0) is 32.0. The van der Waals surface area contributed by atoms with E-state index >= 15 is 0 Å². The smallest absolute Gasteiger partial charge is 0.390 e. The number of rotatable bonds is 11. The predicted molar refractivity (Wildman–Crippen MR) is 167 cm³/mol. The molecule has 45 heavy (non-hydrogen) atoms. The molecule has 2 heterocycles. The highest BCUT2D eigenvalue weighted by Gasteiger charge is 2.33. The van der Waals surface area contributed by atoms with Crippen LogP contribution in [0.3, 0.4) is 0 Å². The molecule has 3 aromatic carbocycles. The molecule has 1 aliphatic heterocycles. The number of nitrogens with one attached hydrogen (secondary N) is 2. The molecule has 5 rings (SSSR count). The topological polar surface area (TPSA) is 94.6 Å². The SMILES string of the molecule is Cc1csc([C@H]2CCCN2C(=O)c2cccc(C(=O)N[C@@H](Cc3ccccc3)[C@H](O)CNCc3cccc(C(F)(F)F)c3)c2)n1. The molecule has 1 saturated heterocycles. The highest BCUT2D eigenvalue weighted by Crippen LogP contribution is 2.35. The molecule has 3 N–H and O–H groups in total. The molecule has 11 heteroatoms. The molecule has 2 amide bonds. The second-order valence-corrected chi connectivity index (χ2v) is 12.1. The van der Waals surface area contributed by atoms with E-state index in [0.717, 1.165) is 41.2 Å². The lowest BCUT2D eigenvalue weighted by atomic mass is 10.00. The van der Waals surface area contributed by atoms with Gasteiger partial charge in [-0.3, -0.25) is 9.59 Å². The Morgan fingerprint density at radius 2 is 1.76 bits per heavy atom. The lowest BCUT2D eigenvalue weighted by molar-refractivity contribution is -0.137. The van der Waals surface area contributed by atoms with Crippen LogP contribution in [0.1, 0.15) is 67.0 Å². The van der Waals surface area contributed by atoms with Gasteiger partial charge in [-0.25, -0.2) is 4.98 Å². The maximum absolute atomic E-state index is 13.6. The number of likely N-dealkylation sites (tertiary alicyclic amines) is 1. The Bertz CT molecular complexity index is 1610. The zero-order valence-corrected chi connectivity index (χ0v) is 25.6. The van der Waals surface area contributed by atoms with Gasteiger partial charge in [0.05, 0.1) is 23.8 Å². The first-order valence-electron chi connectivity index (χ1n) is 14.8. The minimum atomic E-state index is -4.45. The first-order valence-corrected chi connectivity index (χ1v) is 15.7. The Hall–Kier alpha value is -4.06. The largest absolute Gasteiger partial charge is 0.416 e. The lowest BCUT2D eigenvalue weighted by Gasteiger charge is -2.25. The second-order valence-electron chi connectivity index (χ2n) is 11.2. The van der Waals surface area contributed by atoms with E-state index in [2.05, 4.69) is 15.6 Å². The van der Waals surface area contributed by atoms with Crippen LogP contribution < -0.4 is 10.6 Å². The quantitative estimate of drug-likeness (QED) is 0.190. The van der Waals surface area contributed by atoms with E-state index in [1.165, 1.54) is 6.07 Å². The fourth-order valence-electron chi connectivity index (χ4n) is 5.52. The number of aliphatic hydroxyl groups is 1. The van der Waals surface area contributed by atoms with Crippen molar-refractivity contribution in [2.45, 2.75) is 57.1 Å². The Balaban J connectivity index is 1.26. The summed E-state index contributed by atoms with van der Waals surface area (Å²) in [6, 6.07) is 20.1. The van der Waals surface area contributed by atoms with Crippen molar-refractivity contribution in [1.82, 2.24) is 20.5 Å². The standard InChI is InChI=1S/C34H35F3N4O3S/c1-22-21-45-32(39-22)29-14-7-15-41(29)33(44)26-12-6-11-25(18-26)31(43)40-28(17-23-8-3-2-4-9-23)30(42)20-38-19-24-10-5-13-27(16-24)34(35,36)37/h2-6,8-13,16,18,21,28-30,38,42H,7,14-15,17,19-20H2,1H3,(H,40,43)/t28-,29+,30+/m0/s1. The minimum absolute atomic E-state index is 0.0269. The molecule has 0 radical (unpaired) electrons. The van der Waals surface area contributed by atoms with Gasteiger partial charge >= 0.3 is 6.18 Å². The summed E-state index contributed by atoms with van der Waals surface area (Å²) in [4.78, 5) is 33.4. The van der Waals surface area contributed by atoms with Crippen LogP contribution in [-0.4, -0.2) is 52.0 Å². The number of alkyl halides is 3. The summed E-state index contributed by atoms with van der Waals surface area (Å²) in [7, 11) is 0. The van der Waals surface area contributed by atoms with Crippen LogP contribution in [0, 0.1) is 6.92 Å². The van der Waals surface area contributed by atoms with Crippen molar-refractivity contribution >= 4 is 23.2 Å². The molecule has 0 bridgehead atoms. The van der Waals surface area contributed by atoms with Crippen molar-refractivity contribution < 1.29 is 27.9 Å². The fraction of sp³-hybridized carbons (Fsp3) is 0.324. The number of thiazole rings is 1. The highest BCUT2D eigenvalue weighted by molar-refractivity contribution is 7.09. The molecular weight excluding hydrogens is 601 g/mol. The number of halogens is 3. The van der Waals surface area contributed by atoms with Crippen LogP contribution in [0.15, 0.2) is 84.2 Å². The van der Waals surface area contributed by atoms with E-state index in [1.807, 2.05) is 47.5 Å². The van der Waals surface area contributed by atoms with Gasteiger partial charge in [-0.1, -0.05) is 54.6 Å². The number of hydrogen-bond donors (Lipinski definition) is 3. The van der Waals surface area contributed by atoms with E-state index < -0.39 is 29.8 Å². The van der Waals surface area contributed by atoms with Crippen LogP contribution in [0.25, 0.3) is 0 Å². The zero-order valence-electron chi connectivity index (χ0n) is 24.8. The van der Waals surface area contributed by atoms with Crippen molar-refractivity contribution in [3.63, 3.8) is 0 Å². The molecule has 0 spiro atoms. The summed E-state index contributed by atoms with van der Waals surface area (Å²) in [6.45, 7) is 2.67. The van der Waals surface area contributed by atoms with E-state index in [9.17, 15) is 27.9 Å². The summed E-state index contributed by atoms with van der Waals surface area (Å²) >= 11 is 1.54. The normalized spacial score (nSPS) is 16.4. The molecule has 0 saturated carbocycles. The third-order valence-electron chi connectivity index (χ3n) is 7.82. The van der Waals surface area contributed by atoms with Gasteiger partial charge in [-0.05, 0) is 61.6 Å². The van der Waals surface area contributed by atoms with Crippen molar-refractivity contribution in [3.8, 4) is 0 Å². The molecule has 1 aliphatic rings. The summed E-state index contributed by atoms with van der Waals surface area (Å²) in [5.74, 6) is -0.615. The number of carbonyl (C=O) groups excluding carboxylic acids is 2. The van der Waals surface area contributed by atoms with Crippen molar-refractivity contribution in [2.75, 3.05) is 13.1 Å². The van der Waals surface area contributed by atoms with Crippen molar-refractivity contribution in [2.24, 2.45) is 0 Å². The fourth-order valence-corrected chi connectivity index (χ4v) is 6.46. The third-order valence-corrected chi connectivity index (χ3v) is 8.89. The maximum atomic E-state index is 13.6. The number of nitrogens with zero attached hydrogens (tertiary/aromatic N) is 2. The summed E-state index contributed by atoms with van der Waals surface area (Å²) in [6.07, 6.45) is -3.48. The Kier molecular flexibility index (Phi) is 10.3. The van der Waals surface area contributed by atoms with Gasteiger partial charge < -0.3 is 20.6 Å². The number of amides is 2. The number of benzene rings is 3. The van der Waals surface area contributed by atoms with Crippen molar-refractivity contribution in [3.05, 3.63) is 123 Å². The number of aliphatic hydroxyl groups excluding tert-OH is 1. The molecule has 0 unspecified atom stereocenters. The monoisotopic (exact) mass is 636 g/mol. The highest BCUT2D eigenvalue weighted by atomic mass is 32.1. The van der Waals surface area contributed by atoms with Gasteiger partial charge in [0, 0.05) is 41.8 Å². The predicted octanol–water partition coefficient (Wildman–Crippen LogP) is 5.94. The number of aromatic nitrogens is 1. The molecule has 7 nitrogen and oxygen atoms in total. The van der Waals surface area contributed by atoms with Gasteiger partial charge in [0.15, 0.2) is 0 Å². The van der Waals surface area contributed by atoms with E-state index in [1.54, 1.807) is 41.7 Å². The van der Waals surface area contributed by atoms with Crippen LogP contribution in [-0.2, 0) is 19.1 Å². The molecule has 4 aromatic rings. The molecular formula is C34H35F3N4O3S. The first kappa shape index (κ1) is 32.3. The Labute approximate surface area is 264 Å². The van der Waals surface area contributed by atoms with E-state index in [-0.39, 0.29) is 30.6 Å².